The lowest BCUT2D eigenvalue weighted by Crippen LogP contribution is -2.29. The molecule has 0 aliphatic rings. The van der Waals surface area contributed by atoms with Crippen LogP contribution in [0.3, 0.4) is 0 Å². The van der Waals surface area contributed by atoms with E-state index in [1.807, 2.05) is 38.1 Å². The fraction of sp³-hybridized carbons (Fsp3) is 0.353. The van der Waals surface area contributed by atoms with Gasteiger partial charge in [-0.3, -0.25) is 9.59 Å². The SMILES string of the molecule is Cc1cccc(OCCNC(=O)CSc2nc(C)c(CC(N)=O)s2)c1. The molecule has 2 rings (SSSR count). The highest BCUT2D eigenvalue weighted by Crippen LogP contribution is 2.27. The van der Waals surface area contributed by atoms with E-state index in [2.05, 4.69) is 10.3 Å². The van der Waals surface area contributed by atoms with Gasteiger partial charge in [-0.25, -0.2) is 4.98 Å². The molecule has 25 heavy (non-hydrogen) atoms. The lowest BCUT2D eigenvalue weighted by molar-refractivity contribution is -0.119. The van der Waals surface area contributed by atoms with Crippen LogP contribution in [0.2, 0.25) is 0 Å². The summed E-state index contributed by atoms with van der Waals surface area (Å²) in [4.78, 5) is 28.0. The van der Waals surface area contributed by atoms with Crippen LogP contribution in [-0.4, -0.2) is 35.7 Å². The van der Waals surface area contributed by atoms with Gasteiger partial charge in [0.05, 0.1) is 24.4 Å². The van der Waals surface area contributed by atoms with Crippen LogP contribution in [0, 0.1) is 13.8 Å². The number of benzene rings is 1. The third kappa shape index (κ3) is 6.75. The maximum Gasteiger partial charge on any atom is 0.230 e. The molecule has 3 N–H and O–H groups in total. The van der Waals surface area contributed by atoms with Crippen LogP contribution in [0.4, 0.5) is 0 Å². The highest BCUT2D eigenvalue weighted by Gasteiger charge is 2.11. The predicted octanol–water partition coefficient (Wildman–Crippen LogP) is 2.08. The summed E-state index contributed by atoms with van der Waals surface area (Å²) >= 11 is 2.75. The number of thioether (sulfide) groups is 1. The predicted molar refractivity (Wildman–Crippen MR) is 100 cm³/mol. The molecule has 0 saturated carbocycles. The van der Waals surface area contributed by atoms with Gasteiger partial charge in [0, 0.05) is 4.88 Å². The van der Waals surface area contributed by atoms with E-state index in [1.165, 1.54) is 23.1 Å². The summed E-state index contributed by atoms with van der Waals surface area (Å²) in [6.07, 6.45) is 0.187. The third-order valence-electron chi connectivity index (χ3n) is 3.22. The molecule has 1 aromatic carbocycles. The monoisotopic (exact) mass is 379 g/mol. The molecule has 0 unspecified atom stereocenters. The van der Waals surface area contributed by atoms with Gasteiger partial charge in [-0.2, -0.15) is 0 Å². The second kappa shape index (κ2) is 9.43. The topological polar surface area (TPSA) is 94.3 Å². The number of nitrogens with two attached hydrogens (primary N) is 1. The van der Waals surface area contributed by atoms with Crippen molar-refractivity contribution in [1.29, 1.82) is 0 Å². The number of carbonyl (C=O) groups is 2. The fourth-order valence-electron chi connectivity index (χ4n) is 2.03. The zero-order valence-corrected chi connectivity index (χ0v) is 15.8. The quantitative estimate of drug-likeness (QED) is 0.514. The number of thiazole rings is 1. The first-order valence-corrected chi connectivity index (χ1v) is 9.58. The van der Waals surface area contributed by atoms with E-state index in [1.54, 1.807) is 0 Å². The summed E-state index contributed by atoms with van der Waals surface area (Å²) in [5, 5.41) is 2.81. The Morgan fingerprint density at radius 1 is 1.36 bits per heavy atom. The van der Waals surface area contributed by atoms with Crippen molar-refractivity contribution >= 4 is 34.9 Å². The minimum atomic E-state index is -0.380. The number of ether oxygens (including phenoxy) is 1. The van der Waals surface area contributed by atoms with Crippen molar-refractivity contribution in [2.45, 2.75) is 24.6 Å². The van der Waals surface area contributed by atoms with Gasteiger partial charge in [0.2, 0.25) is 11.8 Å². The van der Waals surface area contributed by atoms with E-state index in [4.69, 9.17) is 10.5 Å². The molecule has 8 heteroatoms. The number of amides is 2. The summed E-state index contributed by atoms with van der Waals surface area (Å²) in [6, 6.07) is 7.77. The van der Waals surface area contributed by atoms with Crippen LogP contribution in [0.15, 0.2) is 28.6 Å². The second-order valence-corrected chi connectivity index (χ2v) is 7.74. The third-order valence-corrected chi connectivity index (χ3v) is 5.52. The van der Waals surface area contributed by atoms with Gasteiger partial charge in [-0.15, -0.1) is 11.3 Å². The van der Waals surface area contributed by atoms with Crippen molar-refractivity contribution in [3.05, 3.63) is 40.4 Å². The van der Waals surface area contributed by atoms with Crippen molar-refractivity contribution in [2.24, 2.45) is 5.73 Å². The van der Waals surface area contributed by atoms with Gasteiger partial charge >= 0.3 is 0 Å². The molecule has 134 valence electrons. The van der Waals surface area contributed by atoms with Crippen molar-refractivity contribution in [1.82, 2.24) is 10.3 Å². The van der Waals surface area contributed by atoms with E-state index in [9.17, 15) is 9.59 Å². The molecule has 0 fully saturated rings. The van der Waals surface area contributed by atoms with E-state index in [-0.39, 0.29) is 24.0 Å². The Morgan fingerprint density at radius 3 is 2.88 bits per heavy atom. The maximum atomic E-state index is 11.9. The maximum absolute atomic E-state index is 11.9. The van der Waals surface area contributed by atoms with Crippen molar-refractivity contribution < 1.29 is 14.3 Å². The van der Waals surface area contributed by atoms with E-state index < -0.39 is 0 Å². The van der Waals surface area contributed by atoms with Crippen molar-refractivity contribution in [3.63, 3.8) is 0 Å². The number of hydrogen-bond donors (Lipinski definition) is 2. The van der Waals surface area contributed by atoms with Gasteiger partial charge < -0.3 is 15.8 Å². The van der Waals surface area contributed by atoms with Crippen LogP contribution < -0.4 is 15.8 Å². The largest absolute Gasteiger partial charge is 0.492 e. The summed E-state index contributed by atoms with van der Waals surface area (Å²) in [6.45, 7) is 4.69. The van der Waals surface area contributed by atoms with Crippen LogP contribution in [0.5, 0.6) is 5.75 Å². The van der Waals surface area contributed by atoms with Crippen LogP contribution in [-0.2, 0) is 16.0 Å². The number of carbonyl (C=O) groups excluding carboxylic acids is 2. The first-order chi connectivity index (χ1) is 11.9. The molecule has 0 bridgehead atoms. The Bertz CT molecular complexity index is 746. The first-order valence-electron chi connectivity index (χ1n) is 7.77. The number of primary amides is 1. The van der Waals surface area contributed by atoms with Crippen molar-refractivity contribution in [2.75, 3.05) is 18.9 Å². The standard InChI is InChI=1S/C17H21N3O3S2/c1-11-4-3-5-13(8-11)23-7-6-19-16(22)10-24-17-20-12(2)14(25-17)9-15(18)21/h3-5,8H,6-7,9-10H2,1-2H3,(H2,18,21)(H,19,22). The minimum Gasteiger partial charge on any atom is -0.492 e. The highest BCUT2D eigenvalue weighted by atomic mass is 32.2. The molecular formula is C17H21N3O3S2. The number of nitrogens with one attached hydrogen (secondary N) is 1. The van der Waals surface area contributed by atoms with E-state index in [0.717, 1.165) is 26.2 Å². The zero-order chi connectivity index (χ0) is 18.2. The van der Waals surface area contributed by atoms with Gasteiger partial charge in [-0.05, 0) is 31.5 Å². The second-order valence-electron chi connectivity index (χ2n) is 5.44. The zero-order valence-electron chi connectivity index (χ0n) is 14.2. The van der Waals surface area contributed by atoms with Gasteiger partial charge in [0.1, 0.15) is 12.4 Å². The van der Waals surface area contributed by atoms with Gasteiger partial charge in [0.15, 0.2) is 4.34 Å². The number of rotatable bonds is 9. The summed E-state index contributed by atoms with van der Waals surface area (Å²) < 4.78 is 6.34. The Labute approximate surface area is 155 Å². The molecular weight excluding hydrogens is 358 g/mol. The van der Waals surface area contributed by atoms with Gasteiger partial charge in [-0.1, -0.05) is 23.9 Å². The molecule has 0 spiro atoms. The van der Waals surface area contributed by atoms with Crippen LogP contribution >= 0.6 is 23.1 Å². The highest BCUT2D eigenvalue weighted by molar-refractivity contribution is 8.01. The molecule has 0 aliphatic heterocycles. The lowest BCUT2D eigenvalue weighted by Gasteiger charge is -2.07. The Kier molecular flexibility index (Phi) is 7.27. The summed E-state index contributed by atoms with van der Waals surface area (Å²) in [5.41, 5.74) is 7.12. The molecule has 0 saturated heterocycles. The molecule has 6 nitrogen and oxygen atoms in total. The Morgan fingerprint density at radius 2 is 2.16 bits per heavy atom. The average molecular weight is 380 g/mol. The van der Waals surface area contributed by atoms with Crippen LogP contribution in [0.25, 0.3) is 0 Å². The molecule has 0 radical (unpaired) electrons. The van der Waals surface area contributed by atoms with Crippen LogP contribution in [0.1, 0.15) is 16.1 Å². The fourth-order valence-corrected chi connectivity index (χ4v) is 4.10. The minimum absolute atomic E-state index is 0.0813. The Balaban J connectivity index is 1.68. The molecule has 0 aliphatic carbocycles. The first kappa shape index (κ1) is 19.3. The Hall–Kier alpha value is -2.06. The normalized spacial score (nSPS) is 10.5. The van der Waals surface area contributed by atoms with E-state index in [0.29, 0.717) is 13.2 Å². The average Bonchev–Trinajstić information content (AvgIpc) is 2.89. The van der Waals surface area contributed by atoms with Gasteiger partial charge in [0.25, 0.3) is 0 Å². The summed E-state index contributed by atoms with van der Waals surface area (Å²) in [7, 11) is 0. The molecule has 0 atom stereocenters. The lowest BCUT2D eigenvalue weighted by atomic mass is 10.2. The number of hydrogen-bond acceptors (Lipinski definition) is 6. The number of aromatic nitrogens is 1. The molecule has 1 heterocycles. The summed E-state index contributed by atoms with van der Waals surface area (Å²) in [5.74, 6) is 0.605. The van der Waals surface area contributed by atoms with E-state index >= 15 is 0 Å². The number of aryl methyl sites for hydroxylation is 2. The number of nitrogens with zero attached hydrogens (tertiary/aromatic N) is 1. The smallest absolute Gasteiger partial charge is 0.230 e. The molecule has 2 aromatic rings. The van der Waals surface area contributed by atoms with Crippen molar-refractivity contribution in [3.8, 4) is 5.75 Å². The molecule has 1 aromatic heterocycles. The molecule has 2 amide bonds.